The SMILES string of the molecule is Br.Br.CC[C@H]1CN2CCc3cc(OC)c(OC)cc3[C@@H]2C[C@@H]1C[C@H]1NCCc2cc(OC)c(OC)cc21.O.O.O.O. The zero-order valence-corrected chi connectivity index (χ0v) is 28.1. The predicted molar refractivity (Wildman–Crippen MR) is 173 cm³/mol. The summed E-state index contributed by atoms with van der Waals surface area (Å²) in [6.45, 7) is 5.66. The van der Waals surface area contributed by atoms with E-state index in [1.165, 1.54) is 41.6 Å². The van der Waals surface area contributed by atoms with Gasteiger partial charge in [-0.05, 0) is 90.6 Å². The molecule has 0 radical (unpaired) electrons. The fourth-order valence-electron chi connectivity index (χ4n) is 6.74. The summed E-state index contributed by atoms with van der Waals surface area (Å²) >= 11 is 0. The van der Waals surface area contributed by atoms with Gasteiger partial charge in [-0.25, -0.2) is 0 Å². The standard InChI is InChI=1S/C29H40N2O4.2BrH.4H2O/c1-6-18-17-31-10-8-20-14-27(33-3)29(35-5)16-23(20)25(31)12-21(18)11-24-22-15-28(34-4)26(32-2)13-19(22)7-9-30-24;;;;;;/h13-16,18,21,24-25,30H,6-12,17H2,1-5H3;2*1H;4*1H2/t18-,21-,24+,25-;;;;;;/m0....../s1. The number of rotatable bonds is 7. The second-order valence-electron chi connectivity index (χ2n) is 10.2. The highest BCUT2D eigenvalue weighted by Crippen LogP contribution is 2.48. The molecule has 9 N–H and O–H groups in total. The van der Waals surface area contributed by atoms with Gasteiger partial charge in [-0.15, -0.1) is 34.0 Å². The normalized spacial score (nSPS) is 22.0. The number of hydrogen-bond donors (Lipinski definition) is 1. The van der Waals surface area contributed by atoms with Crippen LogP contribution in [0.5, 0.6) is 23.0 Å². The van der Waals surface area contributed by atoms with Gasteiger partial charge in [-0.1, -0.05) is 13.3 Å². The van der Waals surface area contributed by atoms with Crippen molar-refractivity contribution in [3.8, 4) is 23.0 Å². The molecule has 5 rings (SSSR count). The van der Waals surface area contributed by atoms with E-state index in [4.69, 9.17) is 18.9 Å². The lowest BCUT2D eigenvalue weighted by Crippen LogP contribution is -2.46. The summed E-state index contributed by atoms with van der Waals surface area (Å²) in [6, 6.07) is 9.61. The quantitative estimate of drug-likeness (QED) is 0.461. The molecule has 0 aliphatic carbocycles. The lowest BCUT2D eigenvalue weighted by Gasteiger charge is -2.48. The molecule has 12 heteroatoms. The van der Waals surface area contributed by atoms with Crippen LogP contribution in [0, 0.1) is 11.8 Å². The molecule has 3 aliphatic rings. The number of fused-ring (bicyclic) bond motifs is 4. The first-order valence-corrected chi connectivity index (χ1v) is 13.1. The summed E-state index contributed by atoms with van der Waals surface area (Å²) in [4.78, 5) is 2.72. The van der Waals surface area contributed by atoms with Gasteiger partial charge in [0.05, 0.1) is 28.4 Å². The van der Waals surface area contributed by atoms with Crippen LogP contribution in [0.4, 0.5) is 0 Å². The number of methoxy groups -OCH3 is 4. The van der Waals surface area contributed by atoms with Crippen molar-refractivity contribution in [1.29, 1.82) is 0 Å². The zero-order valence-electron chi connectivity index (χ0n) is 24.7. The highest BCUT2D eigenvalue weighted by atomic mass is 79.9. The molecule has 0 saturated carbocycles. The average Bonchev–Trinajstić information content (AvgIpc) is 2.91. The Balaban J connectivity index is 0. The van der Waals surface area contributed by atoms with E-state index >= 15 is 0 Å². The molecule has 0 spiro atoms. The van der Waals surface area contributed by atoms with Gasteiger partial charge in [0, 0.05) is 25.2 Å². The number of halogens is 2. The van der Waals surface area contributed by atoms with E-state index in [-0.39, 0.29) is 55.9 Å². The molecule has 0 amide bonds. The summed E-state index contributed by atoms with van der Waals surface area (Å²) < 4.78 is 22.5. The van der Waals surface area contributed by atoms with Crippen LogP contribution in [-0.2, 0) is 12.8 Å². The van der Waals surface area contributed by atoms with Crippen molar-refractivity contribution in [3.63, 3.8) is 0 Å². The largest absolute Gasteiger partial charge is 0.493 e. The minimum atomic E-state index is 0. The van der Waals surface area contributed by atoms with Crippen molar-refractivity contribution in [2.45, 2.75) is 51.1 Å². The molecule has 4 atom stereocenters. The van der Waals surface area contributed by atoms with Crippen molar-refractivity contribution in [2.75, 3.05) is 48.1 Å². The maximum atomic E-state index is 5.68. The van der Waals surface area contributed by atoms with Crippen LogP contribution in [-0.4, -0.2) is 74.9 Å². The number of piperidine rings is 1. The van der Waals surface area contributed by atoms with Crippen molar-refractivity contribution in [2.24, 2.45) is 11.8 Å². The van der Waals surface area contributed by atoms with Crippen molar-refractivity contribution in [3.05, 3.63) is 46.5 Å². The van der Waals surface area contributed by atoms with Crippen LogP contribution in [0.15, 0.2) is 24.3 Å². The fourth-order valence-corrected chi connectivity index (χ4v) is 6.74. The first-order valence-electron chi connectivity index (χ1n) is 13.1. The maximum absolute atomic E-state index is 5.68. The second-order valence-corrected chi connectivity index (χ2v) is 10.2. The fraction of sp³-hybridized carbons (Fsp3) is 0.586. The van der Waals surface area contributed by atoms with Crippen LogP contribution < -0.4 is 24.3 Å². The highest BCUT2D eigenvalue weighted by Gasteiger charge is 2.40. The van der Waals surface area contributed by atoms with Crippen molar-refractivity contribution < 1.29 is 40.9 Å². The van der Waals surface area contributed by atoms with E-state index in [0.717, 1.165) is 55.4 Å². The summed E-state index contributed by atoms with van der Waals surface area (Å²) in [6.07, 6.45) is 5.65. The molecule has 10 nitrogen and oxygen atoms in total. The Kier molecular flexibility index (Phi) is 18.3. The molecule has 1 saturated heterocycles. The summed E-state index contributed by atoms with van der Waals surface area (Å²) in [7, 11) is 6.90. The minimum absolute atomic E-state index is 0. The second kappa shape index (κ2) is 18.1. The molecule has 3 heterocycles. The molecule has 0 aromatic heterocycles. The van der Waals surface area contributed by atoms with Crippen molar-refractivity contribution in [1.82, 2.24) is 10.2 Å². The average molecular weight is 715 g/mol. The minimum Gasteiger partial charge on any atom is -0.493 e. The Morgan fingerprint density at radius 1 is 0.732 bits per heavy atom. The van der Waals surface area contributed by atoms with E-state index in [9.17, 15) is 0 Å². The summed E-state index contributed by atoms with van der Waals surface area (Å²) in [5.74, 6) is 4.69. The van der Waals surface area contributed by atoms with Crippen molar-refractivity contribution >= 4 is 34.0 Å². The Labute approximate surface area is 264 Å². The number of ether oxygens (including phenoxy) is 4. The Bertz CT molecular complexity index is 1080. The third-order valence-corrected chi connectivity index (χ3v) is 8.64. The van der Waals surface area contributed by atoms with E-state index in [1.54, 1.807) is 28.4 Å². The van der Waals surface area contributed by atoms with Gasteiger partial charge in [0.25, 0.3) is 0 Å². The zero-order chi connectivity index (χ0) is 24.5. The summed E-state index contributed by atoms with van der Waals surface area (Å²) in [5, 5.41) is 3.83. The number of nitrogens with zero attached hydrogens (tertiary/aromatic N) is 1. The third kappa shape index (κ3) is 8.05. The topological polar surface area (TPSA) is 178 Å². The first-order chi connectivity index (χ1) is 17.1. The van der Waals surface area contributed by atoms with Crippen LogP contribution in [0.1, 0.15) is 60.5 Å². The first kappa shape index (κ1) is 41.5. The monoisotopic (exact) mass is 712 g/mol. The lowest BCUT2D eigenvalue weighted by atomic mass is 9.72. The van der Waals surface area contributed by atoms with Gasteiger partial charge in [0.1, 0.15) is 0 Å². The highest BCUT2D eigenvalue weighted by molar-refractivity contribution is 8.93. The van der Waals surface area contributed by atoms with Crippen LogP contribution in [0.2, 0.25) is 0 Å². The van der Waals surface area contributed by atoms with Crippen LogP contribution in [0.25, 0.3) is 0 Å². The van der Waals surface area contributed by atoms with E-state index < -0.39 is 0 Å². The van der Waals surface area contributed by atoms with Crippen LogP contribution >= 0.6 is 34.0 Å². The van der Waals surface area contributed by atoms with Gasteiger partial charge in [0.2, 0.25) is 0 Å². The molecule has 41 heavy (non-hydrogen) atoms. The maximum Gasteiger partial charge on any atom is 0.161 e. The lowest BCUT2D eigenvalue weighted by molar-refractivity contribution is 0.0434. The van der Waals surface area contributed by atoms with Gasteiger partial charge < -0.3 is 46.2 Å². The predicted octanol–water partition coefficient (Wildman–Crippen LogP) is 2.80. The molecular formula is C29H50Br2N2O8. The molecule has 0 unspecified atom stereocenters. The summed E-state index contributed by atoms with van der Waals surface area (Å²) in [5.41, 5.74) is 5.60. The smallest absolute Gasteiger partial charge is 0.161 e. The number of hydrogen-bond acceptors (Lipinski definition) is 6. The van der Waals surface area contributed by atoms with Gasteiger partial charge in [-0.3, -0.25) is 4.90 Å². The Morgan fingerprint density at radius 2 is 1.24 bits per heavy atom. The van der Waals surface area contributed by atoms with E-state index in [0.29, 0.717) is 23.9 Å². The van der Waals surface area contributed by atoms with Gasteiger partial charge >= 0.3 is 0 Å². The third-order valence-electron chi connectivity index (χ3n) is 8.64. The molecule has 238 valence electrons. The molecule has 3 aliphatic heterocycles. The molecule has 2 aromatic rings. The van der Waals surface area contributed by atoms with Gasteiger partial charge in [0.15, 0.2) is 23.0 Å². The van der Waals surface area contributed by atoms with Crippen LogP contribution in [0.3, 0.4) is 0 Å². The van der Waals surface area contributed by atoms with Gasteiger partial charge in [-0.2, -0.15) is 0 Å². The molecule has 1 fully saturated rings. The molecule has 0 bridgehead atoms. The molecule has 2 aromatic carbocycles. The Morgan fingerprint density at radius 3 is 1.78 bits per heavy atom. The number of benzene rings is 2. The molecular weight excluding hydrogens is 664 g/mol. The van der Waals surface area contributed by atoms with E-state index in [1.807, 2.05) is 0 Å². The van der Waals surface area contributed by atoms with E-state index in [2.05, 4.69) is 41.4 Å². The Hall–Kier alpha value is -1.64. The number of nitrogens with one attached hydrogen (secondary N) is 1.